The predicted octanol–water partition coefficient (Wildman–Crippen LogP) is 3.35. The van der Waals surface area contributed by atoms with Crippen molar-refractivity contribution in [3.63, 3.8) is 0 Å². The fourth-order valence-electron chi connectivity index (χ4n) is 2.88. The van der Waals surface area contributed by atoms with E-state index in [-0.39, 0.29) is 12.2 Å². The van der Waals surface area contributed by atoms with Gasteiger partial charge in [-0.25, -0.2) is 13.1 Å². The average Bonchev–Trinajstić information content (AvgIpc) is 3.06. The first-order valence-corrected chi connectivity index (χ1v) is 11.8. The van der Waals surface area contributed by atoms with Gasteiger partial charge in [0.2, 0.25) is 0 Å². The van der Waals surface area contributed by atoms with E-state index >= 15 is 0 Å². The number of sulfone groups is 1. The van der Waals surface area contributed by atoms with Crippen LogP contribution in [0.25, 0.3) is 5.69 Å². The molecular weight excluding hydrogens is 426 g/mol. The molecule has 3 rings (SSSR count). The van der Waals surface area contributed by atoms with Crippen molar-refractivity contribution in [2.24, 2.45) is 0 Å². The lowest BCUT2D eigenvalue weighted by Gasteiger charge is -2.08. The number of pyridine rings is 1. The third kappa shape index (κ3) is 6.40. The van der Waals surface area contributed by atoms with E-state index in [1.807, 2.05) is 31.2 Å². The van der Waals surface area contributed by atoms with Crippen molar-refractivity contribution >= 4 is 27.4 Å². The van der Waals surface area contributed by atoms with Crippen LogP contribution in [0.1, 0.15) is 23.5 Å². The first kappa shape index (κ1) is 22.0. The summed E-state index contributed by atoms with van der Waals surface area (Å²) >= 11 is 6.07. The minimum absolute atomic E-state index is 0.0266. The van der Waals surface area contributed by atoms with Crippen molar-refractivity contribution in [2.45, 2.75) is 26.2 Å². The lowest BCUT2D eigenvalue weighted by Crippen LogP contribution is -2.11. The number of ether oxygens (including phenoxy) is 1. The van der Waals surface area contributed by atoms with Gasteiger partial charge in [0.25, 0.3) is 0 Å². The Hall–Kier alpha value is -2.71. The zero-order valence-electron chi connectivity index (χ0n) is 16.7. The molecule has 2 aromatic heterocycles. The van der Waals surface area contributed by atoms with E-state index in [0.29, 0.717) is 29.3 Å². The summed E-state index contributed by atoms with van der Waals surface area (Å²) in [7, 11) is -3.05. The van der Waals surface area contributed by atoms with Gasteiger partial charge in [-0.2, -0.15) is 5.10 Å². The van der Waals surface area contributed by atoms with Gasteiger partial charge in [0.1, 0.15) is 15.6 Å². The Morgan fingerprint density at radius 3 is 2.63 bits per heavy atom. The number of benzene rings is 1. The number of rotatable bonds is 8. The minimum atomic E-state index is -3.05. The Morgan fingerprint density at radius 2 is 1.97 bits per heavy atom. The molecule has 0 radical (unpaired) electrons. The van der Waals surface area contributed by atoms with Gasteiger partial charge in [0.05, 0.1) is 29.8 Å². The summed E-state index contributed by atoms with van der Waals surface area (Å²) in [6, 6.07) is 12.5. The molecule has 0 aliphatic rings. The van der Waals surface area contributed by atoms with Crippen LogP contribution in [0.3, 0.4) is 0 Å². The van der Waals surface area contributed by atoms with Gasteiger partial charge in [-0.05, 0) is 43.3 Å². The molecule has 0 bridgehead atoms. The standard InChI is InChI=1S/C21H22ClN3O4S/c1-15-12-19(25(24-15)18-5-3-4-16(22)13-18)7-9-21(26)29-20-8-6-17(23-14-20)10-11-30(2,27)28/h3-6,8,12-14H,7,9-11H2,1-2H3. The molecule has 3 aromatic rings. The molecule has 0 saturated heterocycles. The first-order chi connectivity index (χ1) is 14.2. The third-order valence-electron chi connectivity index (χ3n) is 4.30. The van der Waals surface area contributed by atoms with Crippen molar-refractivity contribution in [1.29, 1.82) is 0 Å². The fraction of sp³-hybridized carbons (Fsp3) is 0.286. The van der Waals surface area contributed by atoms with Crippen LogP contribution in [-0.2, 0) is 27.5 Å². The Morgan fingerprint density at radius 1 is 1.17 bits per heavy atom. The van der Waals surface area contributed by atoms with Gasteiger partial charge in [-0.1, -0.05) is 17.7 Å². The SMILES string of the molecule is Cc1cc(CCC(=O)Oc2ccc(CCS(C)(=O)=O)nc2)n(-c2cccc(Cl)c2)n1. The van der Waals surface area contributed by atoms with Crippen molar-refractivity contribution in [1.82, 2.24) is 14.8 Å². The molecule has 0 aliphatic heterocycles. The molecule has 0 saturated carbocycles. The Balaban J connectivity index is 1.59. The number of hydrogen-bond acceptors (Lipinski definition) is 6. The van der Waals surface area contributed by atoms with E-state index in [4.69, 9.17) is 16.3 Å². The van der Waals surface area contributed by atoms with Crippen LogP contribution in [-0.4, -0.2) is 41.2 Å². The molecule has 0 atom stereocenters. The molecule has 0 N–H and O–H groups in total. The Labute approximate surface area is 180 Å². The Kier molecular flexibility index (Phi) is 6.89. The number of nitrogens with zero attached hydrogens (tertiary/aromatic N) is 3. The van der Waals surface area contributed by atoms with Gasteiger partial charge in [0.15, 0.2) is 0 Å². The second-order valence-electron chi connectivity index (χ2n) is 7.01. The molecule has 0 unspecified atom stereocenters. The van der Waals surface area contributed by atoms with Gasteiger partial charge in [-0.3, -0.25) is 9.78 Å². The molecule has 0 fully saturated rings. The molecule has 30 heavy (non-hydrogen) atoms. The summed E-state index contributed by atoms with van der Waals surface area (Å²) in [6.07, 6.45) is 3.55. The number of esters is 1. The van der Waals surface area contributed by atoms with Crippen LogP contribution in [0.2, 0.25) is 5.02 Å². The van der Waals surface area contributed by atoms with Crippen LogP contribution in [0, 0.1) is 6.92 Å². The molecule has 2 heterocycles. The number of aryl methyl sites for hydroxylation is 3. The smallest absolute Gasteiger partial charge is 0.311 e. The number of carbonyl (C=O) groups is 1. The van der Waals surface area contributed by atoms with E-state index in [0.717, 1.165) is 17.1 Å². The zero-order valence-corrected chi connectivity index (χ0v) is 18.3. The van der Waals surface area contributed by atoms with Crippen molar-refractivity contribution in [3.8, 4) is 11.4 Å². The van der Waals surface area contributed by atoms with Gasteiger partial charge < -0.3 is 4.74 Å². The first-order valence-electron chi connectivity index (χ1n) is 9.34. The summed E-state index contributed by atoms with van der Waals surface area (Å²) in [5, 5.41) is 5.09. The second kappa shape index (κ2) is 9.40. The average molecular weight is 448 g/mol. The largest absolute Gasteiger partial charge is 0.425 e. The monoisotopic (exact) mass is 447 g/mol. The lowest BCUT2D eigenvalue weighted by molar-refractivity contribution is -0.134. The van der Waals surface area contributed by atoms with E-state index in [9.17, 15) is 13.2 Å². The van der Waals surface area contributed by atoms with E-state index in [1.54, 1.807) is 22.9 Å². The van der Waals surface area contributed by atoms with E-state index < -0.39 is 15.8 Å². The maximum Gasteiger partial charge on any atom is 0.311 e. The molecule has 7 nitrogen and oxygen atoms in total. The van der Waals surface area contributed by atoms with Crippen LogP contribution in [0.5, 0.6) is 5.75 Å². The van der Waals surface area contributed by atoms with Crippen molar-refractivity contribution in [3.05, 3.63) is 70.8 Å². The maximum absolute atomic E-state index is 12.3. The number of hydrogen-bond donors (Lipinski definition) is 0. The zero-order chi connectivity index (χ0) is 21.7. The lowest BCUT2D eigenvalue weighted by atomic mass is 10.2. The van der Waals surface area contributed by atoms with Crippen molar-refractivity contribution in [2.75, 3.05) is 12.0 Å². The highest BCUT2D eigenvalue weighted by Crippen LogP contribution is 2.19. The highest BCUT2D eigenvalue weighted by atomic mass is 35.5. The summed E-state index contributed by atoms with van der Waals surface area (Å²) in [5.41, 5.74) is 3.17. The summed E-state index contributed by atoms with van der Waals surface area (Å²) in [6.45, 7) is 1.89. The second-order valence-corrected chi connectivity index (χ2v) is 9.70. The van der Waals surface area contributed by atoms with Gasteiger partial charge in [-0.15, -0.1) is 0 Å². The molecule has 0 aliphatic carbocycles. The molecule has 158 valence electrons. The third-order valence-corrected chi connectivity index (χ3v) is 5.48. The topological polar surface area (TPSA) is 91.2 Å². The van der Waals surface area contributed by atoms with Gasteiger partial charge >= 0.3 is 5.97 Å². The quantitative estimate of drug-likeness (QED) is 0.492. The fourth-order valence-corrected chi connectivity index (χ4v) is 3.65. The minimum Gasteiger partial charge on any atom is -0.425 e. The molecule has 1 aromatic carbocycles. The molecule has 9 heteroatoms. The Bertz CT molecular complexity index is 1140. The van der Waals surface area contributed by atoms with Crippen LogP contribution in [0.4, 0.5) is 0 Å². The van der Waals surface area contributed by atoms with Crippen LogP contribution >= 0.6 is 11.6 Å². The predicted molar refractivity (Wildman–Crippen MR) is 115 cm³/mol. The highest BCUT2D eigenvalue weighted by Gasteiger charge is 2.12. The van der Waals surface area contributed by atoms with Crippen LogP contribution in [0.15, 0.2) is 48.7 Å². The summed E-state index contributed by atoms with van der Waals surface area (Å²) < 4.78 is 29.6. The molecule has 0 spiro atoms. The summed E-state index contributed by atoms with van der Waals surface area (Å²) in [5.74, 6) is -0.0430. The van der Waals surface area contributed by atoms with E-state index in [2.05, 4.69) is 10.1 Å². The number of carbonyl (C=O) groups excluding carboxylic acids is 1. The number of halogens is 1. The van der Waals surface area contributed by atoms with Gasteiger partial charge in [0, 0.05) is 35.5 Å². The number of aromatic nitrogens is 3. The molecular formula is C21H22ClN3O4S. The maximum atomic E-state index is 12.3. The highest BCUT2D eigenvalue weighted by molar-refractivity contribution is 7.90. The van der Waals surface area contributed by atoms with Crippen LogP contribution < -0.4 is 4.74 Å². The molecule has 0 amide bonds. The summed E-state index contributed by atoms with van der Waals surface area (Å²) in [4.78, 5) is 16.4. The van der Waals surface area contributed by atoms with Crippen molar-refractivity contribution < 1.29 is 17.9 Å². The van der Waals surface area contributed by atoms with E-state index in [1.165, 1.54) is 12.5 Å². The normalized spacial score (nSPS) is 11.4.